The fourth-order valence-electron chi connectivity index (χ4n) is 0.843. The molecule has 0 aliphatic heterocycles. The predicted molar refractivity (Wildman–Crippen MR) is 53.7 cm³/mol. The van der Waals surface area contributed by atoms with Gasteiger partial charge in [0.1, 0.15) is 20.1 Å². The maximum Gasteiger partial charge on any atom is 0.141 e. The Morgan fingerprint density at radius 3 is 2.50 bits per heavy atom. The van der Waals surface area contributed by atoms with Crippen LogP contribution in [0, 0.1) is 0 Å². The zero-order chi connectivity index (χ0) is 9.35. The molecule has 1 aromatic heterocycles. The molecule has 0 saturated carbocycles. The molecule has 0 unspecified atom stereocenters. The molecule has 0 atom stereocenters. The van der Waals surface area contributed by atoms with Crippen molar-refractivity contribution in [2.75, 3.05) is 13.3 Å². The average molecular weight is 199 g/mol. The van der Waals surface area contributed by atoms with Gasteiger partial charge in [0.05, 0.1) is 0 Å². The molecule has 12 heavy (non-hydrogen) atoms. The van der Waals surface area contributed by atoms with Gasteiger partial charge in [-0.25, -0.2) is 0 Å². The lowest BCUT2D eigenvalue weighted by atomic mass is 10.0. The van der Waals surface area contributed by atoms with Gasteiger partial charge in [0.15, 0.2) is 0 Å². The SMILES string of the molecule is [B]c1ccc(P(C)(C)=O)c(Cl)n1. The third-order valence-electron chi connectivity index (χ3n) is 1.43. The summed E-state index contributed by atoms with van der Waals surface area (Å²) in [4.78, 5) is 3.81. The summed E-state index contributed by atoms with van der Waals surface area (Å²) in [6.45, 7) is 3.29. The molecule has 0 N–H and O–H groups in total. The van der Waals surface area contributed by atoms with E-state index in [0.717, 1.165) is 0 Å². The Kier molecular flexibility index (Phi) is 2.65. The summed E-state index contributed by atoms with van der Waals surface area (Å²) < 4.78 is 11.6. The van der Waals surface area contributed by atoms with E-state index in [2.05, 4.69) is 4.98 Å². The first kappa shape index (κ1) is 9.82. The summed E-state index contributed by atoms with van der Waals surface area (Å²) in [6.07, 6.45) is 0. The van der Waals surface area contributed by atoms with Crippen molar-refractivity contribution in [3.05, 3.63) is 17.3 Å². The first-order chi connectivity index (χ1) is 5.41. The smallest absolute Gasteiger partial charge is 0.141 e. The Bertz CT molecular complexity index is 349. The third-order valence-corrected chi connectivity index (χ3v) is 3.37. The minimum Gasteiger partial charge on any atom is -0.319 e. The summed E-state index contributed by atoms with van der Waals surface area (Å²) in [6, 6.07) is 3.26. The van der Waals surface area contributed by atoms with E-state index in [-0.39, 0.29) is 5.15 Å². The van der Waals surface area contributed by atoms with E-state index in [1.54, 1.807) is 25.5 Å². The highest BCUT2D eigenvalue weighted by molar-refractivity contribution is 7.70. The first-order valence-corrected chi connectivity index (χ1v) is 6.37. The first-order valence-electron chi connectivity index (χ1n) is 3.39. The highest BCUT2D eigenvalue weighted by atomic mass is 35.5. The number of rotatable bonds is 1. The highest BCUT2D eigenvalue weighted by Gasteiger charge is 2.15. The van der Waals surface area contributed by atoms with Gasteiger partial charge >= 0.3 is 0 Å². The minimum atomic E-state index is -2.33. The van der Waals surface area contributed by atoms with Gasteiger partial charge in [-0.3, -0.25) is 4.98 Å². The van der Waals surface area contributed by atoms with E-state index in [0.29, 0.717) is 10.9 Å². The number of halogens is 1. The van der Waals surface area contributed by atoms with Crippen molar-refractivity contribution >= 4 is 37.5 Å². The molecule has 0 aromatic carbocycles. The van der Waals surface area contributed by atoms with Crippen molar-refractivity contribution in [2.45, 2.75) is 0 Å². The molecule has 1 heterocycles. The standard InChI is InChI=1S/C7H8BClNOP/c1-12(2,11)5-3-4-6(8)10-7(5)9/h3-4H,1-2H3. The molecule has 0 aliphatic carbocycles. The van der Waals surface area contributed by atoms with Crippen LogP contribution in [0.1, 0.15) is 0 Å². The van der Waals surface area contributed by atoms with Crippen molar-refractivity contribution in [1.29, 1.82) is 0 Å². The zero-order valence-corrected chi connectivity index (χ0v) is 8.56. The Balaban J connectivity index is 3.28. The van der Waals surface area contributed by atoms with Gasteiger partial charge in [-0.2, -0.15) is 0 Å². The van der Waals surface area contributed by atoms with E-state index < -0.39 is 7.14 Å². The Hall–Kier alpha value is -0.265. The van der Waals surface area contributed by atoms with Gasteiger partial charge in [-0.15, -0.1) is 0 Å². The van der Waals surface area contributed by atoms with Crippen LogP contribution >= 0.6 is 18.7 Å². The van der Waals surface area contributed by atoms with Gasteiger partial charge in [0.25, 0.3) is 0 Å². The molecule has 0 spiro atoms. The molecule has 0 fully saturated rings. The maximum atomic E-state index is 11.6. The Labute approximate surface area is 78.1 Å². The van der Waals surface area contributed by atoms with Crippen LogP contribution in [-0.4, -0.2) is 26.2 Å². The van der Waals surface area contributed by atoms with Crippen molar-refractivity contribution in [1.82, 2.24) is 4.98 Å². The summed E-state index contributed by atoms with van der Waals surface area (Å²) in [5, 5.41) is 0.821. The molecule has 1 rings (SSSR count). The van der Waals surface area contributed by atoms with Crippen molar-refractivity contribution in [3.8, 4) is 0 Å². The van der Waals surface area contributed by atoms with E-state index in [4.69, 9.17) is 19.4 Å². The maximum absolute atomic E-state index is 11.6. The van der Waals surface area contributed by atoms with E-state index in [9.17, 15) is 4.57 Å². The average Bonchev–Trinajstić information content (AvgIpc) is 1.83. The second-order valence-electron chi connectivity index (χ2n) is 2.90. The third kappa shape index (κ3) is 2.12. The van der Waals surface area contributed by atoms with Crippen molar-refractivity contribution in [3.63, 3.8) is 0 Å². The lowest BCUT2D eigenvalue weighted by Crippen LogP contribution is -2.15. The summed E-state index contributed by atoms with van der Waals surface area (Å²) >= 11 is 5.75. The predicted octanol–water partition coefficient (Wildman–Crippen LogP) is 0.777. The van der Waals surface area contributed by atoms with E-state index in [1.165, 1.54) is 0 Å². The Morgan fingerprint density at radius 2 is 2.08 bits per heavy atom. The van der Waals surface area contributed by atoms with Crippen LogP contribution in [0.25, 0.3) is 0 Å². The monoisotopic (exact) mass is 199 g/mol. The molecule has 0 amide bonds. The van der Waals surface area contributed by atoms with Gasteiger partial charge in [0, 0.05) is 5.30 Å². The zero-order valence-electron chi connectivity index (χ0n) is 6.91. The van der Waals surface area contributed by atoms with Crippen LogP contribution in [-0.2, 0) is 4.57 Å². The number of pyridine rings is 1. The molecule has 0 saturated heterocycles. The summed E-state index contributed by atoms with van der Waals surface area (Å²) in [7, 11) is 3.06. The van der Waals surface area contributed by atoms with Crippen LogP contribution in [0.15, 0.2) is 12.1 Å². The number of hydrogen-bond acceptors (Lipinski definition) is 2. The number of hydrogen-bond donors (Lipinski definition) is 0. The van der Waals surface area contributed by atoms with Crippen LogP contribution < -0.4 is 10.9 Å². The molecular weight excluding hydrogens is 191 g/mol. The van der Waals surface area contributed by atoms with Crippen LogP contribution in [0.5, 0.6) is 0 Å². The molecule has 2 nitrogen and oxygen atoms in total. The number of aromatic nitrogens is 1. The van der Waals surface area contributed by atoms with E-state index in [1.807, 2.05) is 0 Å². The van der Waals surface area contributed by atoms with Gasteiger partial charge in [0.2, 0.25) is 0 Å². The molecule has 2 radical (unpaired) electrons. The molecule has 5 heteroatoms. The lowest BCUT2D eigenvalue weighted by Gasteiger charge is -2.08. The second kappa shape index (κ2) is 3.23. The van der Waals surface area contributed by atoms with Gasteiger partial charge in [-0.05, 0) is 25.0 Å². The van der Waals surface area contributed by atoms with Gasteiger partial charge < -0.3 is 4.57 Å². The highest BCUT2D eigenvalue weighted by Crippen LogP contribution is 2.36. The second-order valence-corrected chi connectivity index (χ2v) is 6.44. The normalized spacial score (nSPS) is 11.6. The summed E-state index contributed by atoms with van der Waals surface area (Å²) in [5.74, 6) is 0. The Morgan fingerprint density at radius 1 is 1.50 bits per heavy atom. The van der Waals surface area contributed by atoms with Crippen LogP contribution in [0.4, 0.5) is 0 Å². The fourth-order valence-corrected chi connectivity index (χ4v) is 2.54. The van der Waals surface area contributed by atoms with Crippen LogP contribution in [0.2, 0.25) is 5.15 Å². The summed E-state index contributed by atoms with van der Waals surface area (Å²) in [5.41, 5.74) is 0.345. The molecule has 0 aliphatic rings. The molecule has 0 bridgehead atoms. The fraction of sp³-hybridized carbons (Fsp3) is 0.286. The lowest BCUT2D eigenvalue weighted by molar-refractivity contribution is 0.588. The number of nitrogens with zero attached hydrogens (tertiary/aromatic N) is 1. The van der Waals surface area contributed by atoms with Crippen molar-refractivity contribution < 1.29 is 4.57 Å². The van der Waals surface area contributed by atoms with Crippen molar-refractivity contribution in [2.24, 2.45) is 0 Å². The van der Waals surface area contributed by atoms with E-state index >= 15 is 0 Å². The van der Waals surface area contributed by atoms with Crippen LogP contribution in [0.3, 0.4) is 0 Å². The molecule has 62 valence electrons. The molecular formula is C7H8BClNOP. The quantitative estimate of drug-likeness (QED) is 0.380. The topological polar surface area (TPSA) is 30.0 Å². The largest absolute Gasteiger partial charge is 0.319 e. The van der Waals surface area contributed by atoms with Gasteiger partial charge in [-0.1, -0.05) is 17.7 Å². The minimum absolute atomic E-state index is 0.239. The molecule has 1 aromatic rings.